The molecule has 0 spiro atoms. The molecule has 0 bridgehead atoms. The summed E-state index contributed by atoms with van der Waals surface area (Å²) in [6, 6.07) is 6.73. The van der Waals surface area contributed by atoms with Crippen LogP contribution in [0.1, 0.15) is 44.4 Å². The molecular formula is C28H30F2N6O2. The van der Waals surface area contributed by atoms with Crippen molar-refractivity contribution in [2.75, 3.05) is 24.5 Å². The van der Waals surface area contributed by atoms with Crippen molar-refractivity contribution in [2.24, 2.45) is 0 Å². The molecule has 0 amide bonds. The number of nitrogens with zero attached hydrogens (tertiary/aromatic N) is 5. The number of nitrogens with one attached hydrogen (secondary N) is 1. The van der Waals surface area contributed by atoms with E-state index in [-0.39, 0.29) is 23.2 Å². The molecule has 0 saturated carbocycles. The molecule has 1 fully saturated rings. The molecule has 1 saturated heterocycles. The van der Waals surface area contributed by atoms with Crippen molar-refractivity contribution < 1.29 is 13.9 Å². The van der Waals surface area contributed by atoms with Crippen molar-refractivity contribution >= 4 is 16.9 Å². The SMILES string of the molecule is CCC(C)c1nccc(C)c1-n1c(=O)nc(N2CCNC[C@@H]2C)c2cc(F)c(-c3c(O)cccc3F)nc21. The Balaban J connectivity index is 1.92. The second-order valence-electron chi connectivity index (χ2n) is 9.79. The zero-order chi connectivity index (χ0) is 27.1. The number of anilines is 1. The normalized spacial score (nSPS) is 16.7. The molecule has 38 heavy (non-hydrogen) atoms. The quantitative estimate of drug-likeness (QED) is 0.402. The van der Waals surface area contributed by atoms with Crippen molar-refractivity contribution in [3.63, 3.8) is 0 Å². The third kappa shape index (κ3) is 4.28. The summed E-state index contributed by atoms with van der Waals surface area (Å²) in [5.74, 6) is -1.79. The molecule has 1 aromatic carbocycles. The Labute approximate surface area is 219 Å². The van der Waals surface area contributed by atoms with E-state index in [4.69, 9.17) is 0 Å². The zero-order valence-electron chi connectivity index (χ0n) is 21.8. The summed E-state index contributed by atoms with van der Waals surface area (Å²) >= 11 is 0. The molecule has 1 aliphatic heterocycles. The summed E-state index contributed by atoms with van der Waals surface area (Å²) < 4.78 is 31.9. The highest BCUT2D eigenvalue weighted by molar-refractivity contribution is 5.91. The van der Waals surface area contributed by atoms with E-state index >= 15 is 4.39 Å². The van der Waals surface area contributed by atoms with Crippen molar-refractivity contribution in [3.05, 3.63) is 69.9 Å². The molecule has 5 rings (SSSR count). The fourth-order valence-corrected chi connectivity index (χ4v) is 5.02. The number of fused-ring (bicyclic) bond motifs is 1. The average molecular weight is 521 g/mol. The lowest BCUT2D eigenvalue weighted by Gasteiger charge is -2.35. The van der Waals surface area contributed by atoms with Crippen LogP contribution in [0.25, 0.3) is 28.0 Å². The van der Waals surface area contributed by atoms with Gasteiger partial charge in [-0.2, -0.15) is 4.98 Å². The number of aromatic hydroxyl groups is 1. The Kier molecular flexibility index (Phi) is 6.83. The predicted octanol–water partition coefficient (Wildman–Crippen LogP) is 4.45. The summed E-state index contributed by atoms with van der Waals surface area (Å²) in [5, 5.41) is 14.0. The Bertz CT molecular complexity index is 1570. The second-order valence-corrected chi connectivity index (χ2v) is 9.79. The first-order valence-corrected chi connectivity index (χ1v) is 12.8. The maximum Gasteiger partial charge on any atom is 0.355 e. The van der Waals surface area contributed by atoms with Crippen molar-refractivity contribution in [1.82, 2.24) is 24.8 Å². The molecule has 8 nitrogen and oxygen atoms in total. The van der Waals surface area contributed by atoms with Gasteiger partial charge in [-0.15, -0.1) is 0 Å². The van der Waals surface area contributed by atoms with Crippen LogP contribution in [0, 0.1) is 18.6 Å². The molecule has 3 aromatic heterocycles. The lowest BCUT2D eigenvalue weighted by Crippen LogP contribution is -2.50. The molecule has 2 N–H and O–H groups in total. The maximum absolute atomic E-state index is 15.7. The van der Waals surface area contributed by atoms with E-state index in [9.17, 15) is 14.3 Å². The molecule has 198 valence electrons. The number of hydrogen-bond donors (Lipinski definition) is 2. The molecule has 2 atom stereocenters. The molecule has 4 heterocycles. The smallest absolute Gasteiger partial charge is 0.355 e. The number of pyridine rings is 2. The predicted molar refractivity (Wildman–Crippen MR) is 143 cm³/mol. The number of aromatic nitrogens is 4. The minimum absolute atomic E-state index is 0.00949. The topological polar surface area (TPSA) is 96.2 Å². The summed E-state index contributed by atoms with van der Waals surface area (Å²) in [4.78, 5) is 29.3. The van der Waals surface area contributed by atoms with E-state index in [1.165, 1.54) is 22.8 Å². The van der Waals surface area contributed by atoms with Crippen LogP contribution >= 0.6 is 0 Å². The van der Waals surface area contributed by atoms with Gasteiger partial charge in [0.25, 0.3) is 0 Å². The van der Waals surface area contributed by atoms with Crippen molar-refractivity contribution in [1.29, 1.82) is 0 Å². The number of halogens is 2. The fraction of sp³-hybridized carbons (Fsp3) is 0.357. The number of benzene rings is 1. The van der Waals surface area contributed by atoms with Gasteiger partial charge in [0, 0.05) is 37.8 Å². The highest BCUT2D eigenvalue weighted by Crippen LogP contribution is 2.36. The van der Waals surface area contributed by atoms with Gasteiger partial charge in [0.05, 0.1) is 22.3 Å². The van der Waals surface area contributed by atoms with Gasteiger partial charge in [0.2, 0.25) is 0 Å². The van der Waals surface area contributed by atoms with Crippen molar-refractivity contribution in [3.8, 4) is 22.7 Å². The third-order valence-electron chi connectivity index (χ3n) is 7.26. The first-order chi connectivity index (χ1) is 18.2. The van der Waals surface area contributed by atoms with E-state index in [0.29, 0.717) is 42.2 Å². The van der Waals surface area contributed by atoms with E-state index in [0.717, 1.165) is 18.1 Å². The zero-order valence-corrected chi connectivity index (χ0v) is 21.8. The average Bonchev–Trinajstić information content (AvgIpc) is 2.89. The number of hydrogen-bond acceptors (Lipinski definition) is 7. The second kappa shape index (κ2) is 10.1. The Morgan fingerprint density at radius 2 is 2.00 bits per heavy atom. The standard InChI is InChI=1S/C28H30F2N6O2/c1-5-15(2)23-25(16(3)9-10-32-23)36-27-18(26(34-28(36)38)35-12-11-31-14-17(35)4)13-20(30)24(33-27)22-19(29)7-6-8-21(22)37/h6-10,13,15,17,31,37H,5,11-12,14H2,1-4H3/t15?,17-/m0/s1. The monoisotopic (exact) mass is 520 g/mol. The minimum Gasteiger partial charge on any atom is -0.507 e. The highest BCUT2D eigenvalue weighted by Gasteiger charge is 2.28. The minimum atomic E-state index is -0.834. The maximum atomic E-state index is 15.7. The van der Waals surface area contributed by atoms with Gasteiger partial charge >= 0.3 is 5.69 Å². The molecule has 10 heteroatoms. The van der Waals surface area contributed by atoms with E-state index in [2.05, 4.69) is 20.3 Å². The van der Waals surface area contributed by atoms with E-state index < -0.39 is 28.8 Å². The number of piperazine rings is 1. The van der Waals surface area contributed by atoms with Crippen LogP contribution in [-0.2, 0) is 0 Å². The largest absolute Gasteiger partial charge is 0.507 e. The van der Waals surface area contributed by atoms with Gasteiger partial charge in [-0.25, -0.2) is 23.1 Å². The summed E-state index contributed by atoms with van der Waals surface area (Å²) in [5.41, 5.74) is 0.732. The lowest BCUT2D eigenvalue weighted by molar-refractivity contribution is 0.470. The van der Waals surface area contributed by atoms with Crippen LogP contribution in [0.3, 0.4) is 0 Å². The summed E-state index contributed by atoms with van der Waals surface area (Å²) in [7, 11) is 0. The Hall–Kier alpha value is -3.92. The molecule has 1 aliphatic rings. The first-order valence-electron chi connectivity index (χ1n) is 12.8. The lowest BCUT2D eigenvalue weighted by atomic mass is 10.00. The Morgan fingerprint density at radius 3 is 2.71 bits per heavy atom. The number of phenolic OH excluding ortho intramolecular Hbond substituents is 1. The molecule has 0 aliphatic carbocycles. The summed E-state index contributed by atoms with van der Waals surface area (Å²) in [6.45, 7) is 9.80. The van der Waals surface area contributed by atoms with E-state index in [1.807, 2.05) is 32.6 Å². The van der Waals surface area contributed by atoms with E-state index in [1.54, 1.807) is 12.3 Å². The van der Waals surface area contributed by atoms with Crippen molar-refractivity contribution in [2.45, 2.75) is 46.1 Å². The van der Waals surface area contributed by atoms with Gasteiger partial charge in [0.1, 0.15) is 23.1 Å². The van der Waals surface area contributed by atoms with Crippen LogP contribution < -0.4 is 15.9 Å². The van der Waals surface area contributed by atoms with Gasteiger partial charge in [-0.3, -0.25) is 4.98 Å². The van der Waals surface area contributed by atoms with Crippen LogP contribution in [-0.4, -0.2) is 50.3 Å². The summed E-state index contributed by atoms with van der Waals surface area (Å²) in [6.07, 6.45) is 2.46. The van der Waals surface area contributed by atoms with Crippen LogP contribution in [0.15, 0.2) is 41.3 Å². The highest BCUT2D eigenvalue weighted by atomic mass is 19.1. The number of aryl methyl sites for hydroxylation is 1. The van der Waals surface area contributed by atoms with Gasteiger partial charge < -0.3 is 15.3 Å². The van der Waals surface area contributed by atoms with Gasteiger partial charge in [-0.1, -0.05) is 19.9 Å². The van der Waals surface area contributed by atoms with Crippen LogP contribution in [0.2, 0.25) is 0 Å². The Morgan fingerprint density at radius 1 is 1.21 bits per heavy atom. The molecule has 4 aromatic rings. The molecule has 1 unspecified atom stereocenters. The number of rotatable bonds is 5. The molecule has 0 radical (unpaired) electrons. The van der Waals surface area contributed by atoms with Crippen LogP contribution in [0.5, 0.6) is 5.75 Å². The first kappa shape index (κ1) is 25.7. The molecular weight excluding hydrogens is 490 g/mol. The van der Waals surface area contributed by atoms with Gasteiger partial charge in [0.15, 0.2) is 11.5 Å². The third-order valence-corrected chi connectivity index (χ3v) is 7.26. The fourth-order valence-electron chi connectivity index (χ4n) is 5.02. The van der Waals surface area contributed by atoms with Gasteiger partial charge in [-0.05, 0) is 50.1 Å². The van der Waals surface area contributed by atoms with Crippen LogP contribution in [0.4, 0.5) is 14.6 Å². The number of phenols is 1.